The smallest absolute Gasteiger partial charge is 0.416 e. The predicted molar refractivity (Wildman–Crippen MR) is 191 cm³/mol. The summed E-state index contributed by atoms with van der Waals surface area (Å²) in [6, 6.07) is 14.9. The van der Waals surface area contributed by atoms with Gasteiger partial charge < -0.3 is 24.8 Å². The number of piperidine rings is 1. The maximum Gasteiger partial charge on any atom is 0.416 e. The van der Waals surface area contributed by atoms with Crippen LogP contribution in [-0.4, -0.2) is 57.3 Å². The molecule has 3 aromatic carbocycles. The minimum absolute atomic E-state index is 0.207. The molecule has 0 saturated carbocycles. The highest BCUT2D eigenvalue weighted by molar-refractivity contribution is 6.05. The maximum atomic E-state index is 13.0. The van der Waals surface area contributed by atoms with Crippen LogP contribution in [0, 0.1) is 0 Å². The molecule has 11 nitrogen and oxygen atoms in total. The molecule has 0 unspecified atom stereocenters. The Morgan fingerprint density at radius 2 is 1.74 bits per heavy atom. The van der Waals surface area contributed by atoms with Gasteiger partial charge in [0.2, 0.25) is 11.8 Å². The molecule has 2 aliphatic heterocycles. The molecule has 0 radical (unpaired) electrons. The molecule has 3 N–H and O–H groups in total. The van der Waals surface area contributed by atoms with Crippen molar-refractivity contribution in [2.75, 3.05) is 18.5 Å². The number of fused-ring (bicyclic) bond motifs is 1. The first-order chi connectivity index (χ1) is 25.5. The number of imidazole rings is 1. The molecule has 1 aromatic heterocycles. The van der Waals surface area contributed by atoms with Crippen molar-refractivity contribution in [3.05, 3.63) is 101 Å². The van der Waals surface area contributed by atoms with E-state index in [9.17, 15) is 32.3 Å². The molecule has 4 aromatic rings. The second-order valence-electron chi connectivity index (χ2n) is 13.3. The van der Waals surface area contributed by atoms with E-state index in [2.05, 4.69) is 20.9 Å². The third-order valence-corrected chi connectivity index (χ3v) is 9.40. The zero-order valence-corrected chi connectivity index (χ0v) is 29.3. The van der Waals surface area contributed by atoms with E-state index in [1.807, 2.05) is 19.3 Å². The van der Waals surface area contributed by atoms with Crippen LogP contribution in [-0.2, 0) is 35.9 Å². The molecule has 53 heavy (non-hydrogen) atoms. The number of amides is 4. The number of aryl methyl sites for hydroxylation is 1. The lowest BCUT2D eigenvalue weighted by Gasteiger charge is -2.29. The van der Waals surface area contributed by atoms with E-state index in [1.165, 1.54) is 17.0 Å². The average molecular weight is 731 g/mol. The Labute approximate surface area is 304 Å². The number of nitrogens with one attached hydrogen (secondary N) is 3. The first kappa shape index (κ1) is 37.1. The highest BCUT2D eigenvalue weighted by atomic mass is 19.4. The van der Waals surface area contributed by atoms with Crippen molar-refractivity contribution >= 4 is 29.3 Å². The lowest BCUT2D eigenvalue weighted by molar-refractivity contribution is -0.138. The van der Waals surface area contributed by atoms with Crippen LogP contribution in [0.5, 0.6) is 5.75 Å². The van der Waals surface area contributed by atoms with Crippen molar-refractivity contribution in [1.82, 2.24) is 25.1 Å². The molecule has 1 atom stereocenters. The summed E-state index contributed by atoms with van der Waals surface area (Å²) in [5.74, 6) is -0.506. The van der Waals surface area contributed by atoms with Gasteiger partial charge in [0.1, 0.15) is 11.8 Å². The van der Waals surface area contributed by atoms with Gasteiger partial charge in [0, 0.05) is 61.7 Å². The van der Waals surface area contributed by atoms with Crippen LogP contribution in [0.15, 0.2) is 73.2 Å². The van der Waals surface area contributed by atoms with Crippen molar-refractivity contribution in [1.29, 1.82) is 0 Å². The molecule has 1 saturated heterocycles. The third kappa shape index (κ3) is 9.23. The van der Waals surface area contributed by atoms with Gasteiger partial charge in [-0.25, -0.2) is 4.98 Å². The van der Waals surface area contributed by atoms with E-state index in [0.29, 0.717) is 72.0 Å². The predicted octanol–water partition coefficient (Wildman–Crippen LogP) is 6.24. The molecular formula is C39H41F3N6O5. The van der Waals surface area contributed by atoms with Gasteiger partial charge in [0.15, 0.2) is 0 Å². The topological polar surface area (TPSA) is 135 Å². The molecule has 2 aliphatic rings. The van der Waals surface area contributed by atoms with E-state index < -0.39 is 23.7 Å². The Bertz CT molecular complexity index is 1980. The largest absolute Gasteiger partial charge is 0.494 e. The van der Waals surface area contributed by atoms with Gasteiger partial charge in [-0.3, -0.25) is 24.5 Å². The highest BCUT2D eigenvalue weighted by Crippen LogP contribution is 2.32. The molecule has 0 aliphatic carbocycles. The summed E-state index contributed by atoms with van der Waals surface area (Å²) in [5, 5.41) is 8.57. The lowest BCUT2D eigenvalue weighted by atomic mass is 10.0. The number of nitrogens with zero attached hydrogens (tertiary/aromatic N) is 3. The van der Waals surface area contributed by atoms with Gasteiger partial charge in [-0.05, 0) is 78.9 Å². The number of halogens is 3. The van der Waals surface area contributed by atoms with Gasteiger partial charge in [0.05, 0.1) is 24.2 Å². The Kier molecular flexibility index (Phi) is 11.4. The number of hydrogen-bond donors (Lipinski definition) is 3. The van der Waals surface area contributed by atoms with Gasteiger partial charge in [-0.1, -0.05) is 31.4 Å². The van der Waals surface area contributed by atoms with Crippen molar-refractivity contribution in [2.24, 2.45) is 7.05 Å². The molecule has 14 heteroatoms. The number of anilines is 1. The van der Waals surface area contributed by atoms with Crippen molar-refractivity contribution in [3.8, 4) is 17.0 Å². The summed E-state index contributed by atoms with van der Waals surface area (Å²) in [5.41, 5.74) is 3.86. The number of carbonyl (C=O) groups excluding carboxylic acids is 4. The second kappa shape index (κ2) is 16.3. The van der Waals surface area contributed by atoms with Gasteiger partial charge in [0.25, 0.3) is 11.8 Å². The quantitative estimate of drug-likeness (QED) is 0.0975. The Balaban J connectivity index is 0.909. The summed E-state index contributed by atoms with van der Waals surface area (Å²) < 4.78 is 46.6. The first-order valence-electron chi connectivity index (χ1n) is 17.7. The summed E-state index contributed by atoms with van der Waals surface area (Å²) in [6.45, 7) is 1.63. The van der Waals surface area contributed by atoms with Crippen molar-refractivity contribution < 1.29 is 37.1 Å². The minimum atomic E-state index is -4.39. The number of hydrogen-bond acceptors (Lipinski definition) is 7. The molecule has 1 fully saturated rings. The number of unbranched alkanes of at least 4 members (excludes halogenated alkanes) is 4. The molecular weight excluding hydrogens is 689 g/mol. The van der Waals surface area contributed by atoms with Crippen LogP contribution in [0.2, 0.25) is 0 Å². The van der Waals surface area contributed by atoms with Crippen molar-refractivity contribution in [2.45, 2.75) is 70.3 Å². The van der Waals surface area contributed by atoms with Crippen LogP contribution in [0.25, 0.3) is 11.3 Å². The van der Waals surface area contributed by atoms with Crippen LogP contribution in [0.4, 0.5) is 18.9 Å². The summed E-state index contributed by atoms with van der Waals surface area (Å²) >= 11 is 0. The van der Waals surface area contributed by atoms with E-state index in [0.717, 1.165) is 49.8 Å². The molecule has 3 heterocycles. The van der Waals surface area contributed by atoms with Crippen LogP contribution >= 0.6 is 0 Å². The number of ether oxygens (including phenoxy) is 1. The van der Waals surface area contributed by atoms with Gasteiger partial charge >= 0.3 is 6.18 Å². The fourth-order valence-corrected chi connectivity index (χ4v) is 6.50. The Hall–Kier alpha value is -5.66. The number of rotatable bonds is 15. The third-order valence-electron chi connectivity index (χ3n) is 9.40. The van der Waals surface area contributed by atoms with Crippen LogP contribution in [0.1, 0.15) is 82.4 Å². The van der Waals surface area contributed by atoms with Gasteiger partial charge in [-0.15, -0.1) is 0 Å². The van der Waals surface area contributed by atoms with Crippen LogP contribution < -0.4 is 20.7 Å². The molecule has 278 valence electrons. The fourth-order valence-electron chi connectivity index (χ4n) is 6.50. The number of aromatic nitrogens is 2. The lowest BCUT2D eigenvalue weighted by Crippen LogP contribution is -2.52. The van der Waals surface area contributed by atoms with Crippen molar-refractivity contribution in [3.63, 3.8) is 0 Å². The normalized spacial score (nSPS) is 15.7. The first-order valence-corrected chi connectivity index (χ1v) is 17.7. The molecule has 6 rings (SSSR count). The number of imide groups is 1. The monoisotopic (exact) mass is 730 g/mol. The molecule has 0 bridgehead atoms. The summed E-state index contributed by atoms with van der Waals surface area (Å²) in [4.78, 5) is 55.7. The Morgan fingerprint density at radius 1 is 0.962 bits per heavy atom. The zero-order chi connectivity index (χ0) is 37.5. The van der Waals surface area contributed by atoms with E-state index in [1.54, 1.807) is 41.2 Å². The van der Waals surface area contributed by atoms with Gasteiger partial charge in [-0.2, -0.15) is 13.2 Å². The van der Waals surface area contributed by atoms with E-state index >= 15 is 0 Å². The maximum absolute atomic E-state index is 13.0. The van der Waals surface area contributed by atoms with E-state index in [4.69, 9.17) is 4.74 Å². The Morgan fingerprint density at radius 3 is 2.47 bits per heavy atom. The van der Waals surface area contributed by atoms with E-state index in [-0.39, 0.29) is 24.1 Å². The zero-order valence-electron chi connectivity index (χ0n) is 29.3. The second-order valence-corrected chi connectivity index (χ2v) is 13.3. The SMILES string of the molecule is Cn1cnc(-c2cc(C(=O)NCCCCCCCOc3ccc4c(c3)CN([C@H]3CCC(=O)NC3=O)C4=O)ccc2NCc2ccc(C(F)(F)F)cc2)c1. The average Bonchev–Trinajstić information content (AvgIpc) is 3.71. The molecule has 4 amide bonds. The molecule has 0 spiro atoms. The van der Waals surface area contributed by atoms with Crippen LogP contribution in [0.3, 0.4) is 0 Å². The number of benzene rings is 3. The summed E-state index contributed by atoms with van der Waals surface area (Å²) in [6.07, 6.45) is 4.15. The minimum Gasteiger partial charge on any atom is -0.494 e. The fraction of sp³-hybridized carbons (Fsp3) is 0.359. The number of carbonyl (C=O) groups is 4. The summed E-state index contributed by atoms with van der Waals surface area (Å²) in [7, 11) is 1.84. The standard InChI is InChI=1S/C39H41F3N6O5/c1-47-23-33(45-24-47)31-20-26(9-14-32(31)44-21-25-7-10-28(11-8-25)39(40,41)42)36(50)43-17-5-3-2-4-6-18-53-29-12-13-30-27(19-29)22-48(38(30)52)34-15-16-35(49)46-37(34)51/h7-14,19-20,23-24,34,44H,2-6,15-18,21-22H2,1H3,(H,43,50)(H,46,49,51)/t34-/m0/s1. The number of alkyl halides is 3. The highest BCUT2D eigenvalue weighted by Gasteiger charge is 2.39.